The minimum atomic E-state index is -1.83. The van der Waals surface area contributed by atoms with Gasteiger partial charge in [-0.05, 0) is 0 Å². The summed E-state index contributed by atoms with van der Waals surface area (Å²) in [5.41, 5.74) is 4.86. The summed E-state index contributed by atoms with van der Waals surface area (Å²) >= 11 is -1.83. The first-order valence-corrected chi connectivity index (χ1v) is 16.3. The number of rotatable bonds is 4. The molecule has 128 valence electrons. The van der Waals surface area contributed by atoms with Gasteiger partial charge >= 0.3 is 154 Å². The van der Waals surface area contributed by atoms with Crippen LogP contribution in [0.25, 0.3) is 11.3 Å². The van der Waals surface area contributed by atoms with Gasteiger partial charge in [0.05, 0.1) is 0 Å². The van der Waals surface area contributed by atoms with Crippen LogP contribution < -0.4 is 4.40 Å². The summed E-state index contributed by atoms with van der Waals surface area (Å²) in [7, 11) is 0. The Kier molecular flexibility index (Phi) is 4.88. The third-order valence-corrected chi connectivity index (χ3v) is 9.26. The van der Waals surface area contributed by atoms with Crippen LogP contribution in [0.2, 0.25) is 17.3 Å². The topological polar surface area (TPSA) is 12.9 Å². The molecular weight excluding hydrogens is 363 g/mol. The Morgan fingerprint density at radius 2 is 1.40 bits per heavy atom. The SMILES string of the molecule is CC(C)(c1ccccc1)c1ccccc1-c1cc[c]([Ge]([CH3])([CH3])[CH3])cn1. The first-order valence-electron chi connectivity index (χ1n) is 8.92. The van der Waals surface area contributed by atoms with E-state index >= 15 is 0 Å². The maximum absolute atomic E-state index is 4.83. The molecule has 25 heavy (non-hydrogen) atoms. The van der Waals surface area contributed by atoms with Crippen LogP contribution in [0.1, 0.15) is 25.0 Å². The predicted molar refractivity (Wildman–Crippen MR) is 111 cm³/mol. The van der Waals surface area contributed by atoms with E-state index in [4.69, 9.17) is 4.98 Å². The van der Waals surface area contributed by atoms with Gasteiger partial charge in [0.1, 0.15) is 0 Å². The van der Waals surface area contributed by atoms with E-state index in [0.717, 1.165) is 5.69 Å². The van der Waals surface area contributed by atoms with Gasteiger partial charge in [-0.1, -0.05) is 0 Å². The summed E-state index contributed by atoms with van der Waals surface area (Å²) in [4.78, 5) is 4.83. The summed E-state index contributed by atoms with van der Waals surface area (Å²) < 4.78 is 1.45. The summed E-state index contributed by atoms with van der Waals surface area (Å²) in [6, 6.07) is 23.9. The van der Waals surface area contributed by atoms with Crippen molar-refractivity contribution >= 4 is 17.7 Å². The van der Waals surface area contributed by atoms with Gasteiger partial charge in [0, 0.05) is 0 Å². The fourth-order valence-corrected chi connectivity index (χ4v) is 5.43. The van der Waals surface area contributed by atoms with Crippen molar-refractivity contribution in [3.8, 4) is 11.3 Å². The van der Waals surface area contributed by atoms with Crippen molar-refractivity contribution < 1.29 is 0 Å². The van der Waals surface area contributed by atoms with Crippen LogP contribution in [0.4, 0.5) is 0 Å². The molecule has 0 aliphatic carbocycles. The average Bonchev–Trinajstić information content (AvgIpc) is 2.62. The number of aromatic nitrogens is 1. The molecule has 1 nitrogen and oxygen atoms in total. The van der Waals surface area contributed by atoms with Crippen molar-refractivity contribution in [3.63, 3.8) is 0 Å². The standard InChI is InChI=1S/C23H27GeN/c1-23(2,18-11-7-6-8-12-18)21-14-10-9-13-20(21)22-16-15-19(17-25-22)24(3,4)5/h6-17H,1-5H3. The second kappa shape index (κ2) is 6.80. The van der Waals surface area contributed by atoms with Crippen LogP contribution in [0.3, 0.4) is 0 Å². The molecule has 2 heteroatoms. The van der Waals surface area contributed by atoms with E-state index in [9.17, 15) is 0 Å². The van der Waals surface area contributed by atoms with Gasteiger partial charge in [0.25, 0.3) is 0 Å². The fourth-order valence-electron chi connectivity index (χ4n) is 3.26. The molecule has 0 spiro atoms. The molecule has 0 saturated carbocycles. The first kappa shape index (κ1) is 17.9. The number of hydrogen-bond donors (Lipinski definition) is 0. The zero-order valence-corrected chi connectivity index (χ0v) is 18.0. The second-order valence-corrected chi connectivity index (χ2v) is 18.9. The van der Waals surface area contributed by atoms with Crippen LogP contribution in [-0.4, -0.2) is 18.3 Å². The normalized spacial score (nSPS) is 12.2. The second-order valence-electron chi connectivity index (χ2n) is 8.22. The van der Waals surface area contributed by atoms with E-state index < -0.39 is 13.3 Å². The molecule has 1 aromatic heterocycles. The van der Waals surface area contributed by atoms with Crippen LogP contribution in [-0.2, 0) is 5.41 Å². The van der Waals surface area contributed by atoms with Gasteiger partial charge < -0.3 is 0 Å². The molecule has 0 fully saturated rings. The third-order valence-electron chi connectivity index (χ3n) is 5.00. The molecule has 0 amide bonds. The Labute approximate surface area is 154 Å². The summed E-state index contributed by atoms with van der Waals surface area (Å²) in [6.45, 7) is 4.58. The molecular formula is C23H27GeN. The molecule has 2 aromatic carbocycles. The van der Waals surface area contributed by atoms with Crippen molar-refractivity contribution in [2.24, 2.45) is 0 Å². The molecule has 1 heterocycles. The van der Waals surface area contributed by atoms with Crippen LogP contribution in [0.5, 0.6) is 0 Å². The van der Waals surface area contributed by atoms with Gasteiger partial charge in [-0.2, -0.15) is 0 Å². The van der Waals surface area contributed by atoms with E-state index in [1.165, 1.54) is 21.1 Å². The molecule has 0 N–H and O–H groups in total. The quantitative estimate of drug-likeness (QED) is 0.527. The number of hydrogen-bond acceptors (Lipinski definition) is 1. The molecule has 0 atom stereocenters. The van der Waals surface area contributed by atoms with E-state index in [0.29, 0.717) is 0 Å². The molecule has 0 aliphatic heterocycles. The summed E-state index contributed by atoms with van der Waals surface area (Å²) in [5.74, 6) is 7.22. The maximum atomic E-state index is 4.83. The Hall–Kier alpha value is -1.87. The van der Waals surface area contributed by atoms with Crippen molar-refractivity contribution in [2.45, 2.75) is 36.5 Å². The van der Waals surface area contributed by atoms with Crippen LogP contribution >= 0.6 is 0 Å². The van der Waals surface area contributed by atoms with E-state index in [1.807, 2.05) is 0 Å². The Morgan fingerprint density at radius 3 is 2.00 bits per heavy atom. The molecule has 0 saturated heterocycles. The average molecular weight is 390 g/mol. The summed E-state index contributed by atoms with van der Waals surface area (Å²) in [5, 5.41) is 0. The fraction of sp³-hybridized carbons (Fsp3) is 0.261. The van der Waals surface area contributed by atoms with Gasteiger partial charge in [0.15, 0.2) is 0 Å². The van der Waals surface area contributed by atoms with E-state index in [1.54, 1.807) is 0 Å². The van der Waals surface area contributed by atoms with Crippen molar-refractivity contribution in [3.05, 3.63) is 84.1 Å². The van der Waals surface area contributed by atoms with Crippen LogP contribution in [0.15, 0.2) is 72.9 Å². The Balaban J connectivity index is 2.08. The molecule has 0 bridgehead atoms. The van der Waals surface area contributed by atoms with Crippen molar-refractivity contribution in [1.82, 2.24) is 4.98 Å². The predicted octanol–water partition coefficient (Wildman–Crippen LogP) is 5.62. The zero-order valence-electron chi connectivity index (χ0n) is 15.9. The molecule has 0 unspecified atom stereocenters. The van der Waals surface area contributed by atoms with Gasteiger partial charge in [-0.15, -0.1) is 0 Å². The number of nitrogens with zero attached hydrogens (tertiary/aromatic N) is 1. The van der Waals surface area contributed by atoms with E-state index in [2.05, 4.69) is 104 Å². The van der Waals surface area contributed by atoms with Crippen LogP contribution in [0, 0.1) is 0 Å². The number of benzene rings is 2. The monoisotopic (exact) mass is 391 g/mol. The van der Waals surface area contributed by atoms with Crippen molar-refractivity contribution in [1.29, 1.82) is 0 Å². The molecule has 0 aliphatic rings. The van der Waals surface area contributed by atoms with Gasteiger partial charge in [-0.3, -0.25) is 0 Å². The third kappa shape index (κ3) is 3.72. The Morgan fingerprint density at radius 1 is 0.760 bits per heavy atom. The van der Waals surface area contributed by atoms with Gasteiger partial charge in [0.2, 0.25) is 0 Å². The van der Waals surface area contributed by atoms with Gasteiger partial charge in [-0.25, -0.2) is 0 Å². The van der Waals surface area contributed by atoms with Crippen molar-refractivity contribution in [2.75, 3.05) is 0 Å². The summed E-state index contributed by atoms with van der Waals surface area (Å²) in [6.07, 6.45) is 2.10. The molecule has 3 aromatic rings. The van der Waals surface area contributed by atoms with E-state index in [-0.39, 0.29) is 5.41 Å². The molecule has 3 rings (SSSR count). The number of pyridine rings is 1. The molecule has 0 radical (unpaired) electrons. The first-order chi connectivity index (χ1) is 11.8. The zero-order chi connectivity index (χ0) is 18.1. The Bertz CT molecular complexity index is 843. The minimum absolute atomic E-state index is 0.0694.